The number of carbonyl (C=O) groups is 1. The maximum Gasteiger partial charge on any atom is 0.282 e. The van der Waals surface area contributed by atoms with Gasteiger partial charge in [0.05, 0.1) is 21.4 Å². The second-order valence-corrected chi connectivity index (χ2v) is 7.96. The second-order valence-electron chi connectivity index (χ2n) is 5.68. The number of fused-ring (bicyclic) bond motifs is 1. The highest BCUT2D eigenvalue weighted by molar-refractivity contribution is 8.01. The average Bonchev–Trinajstić information content (AvgIpc) is 3.34. The van der Waals surface area contributed by atoms with Crippen molar-refractivity contribution in [1.29, 1.82) is 0 Å². The molecular formula is C19H12N4O4S2. The van der Waals surface area contributed by atoms with Crippen molar-refractivity contribution in [2.75, 3.05) is 0 Å². The molecule has 2 heterocycles. The quantitative estimate of drug-likeness (QED) is 0.273. The van der Waals surface area contributed by atoms with E-state index in [2.05, 4.69) is 15.5 Å². The van der Waals surface area contributed by atoms with E-state index in [1.165, 1.54) is 36.2 Å². The van der Waals surface area contributed by atoms with Crippen LogP contribution >= 0.6 is 23.1 Å². The third-order valence-corrected chi connectivity index (χ3v) is 5.79. The van der Waals surface area contributed by atoms with Gasteiger partial charge in [-0.1, -0.05) is 24.3 Å². The number of nitrogens with zero attached hydrogens (tertiary/aromatic N) is 3. The first-order valence-electron chi connectivity index (χ1n) is 8.30. The first kappa shape index (κ1) is 18.8. The molecule has 0 unspecified atom stereocenters. The van der Waals surface area contributed by atoms with E-state index < -0.39 is 10.8 Å². The van der Waals surface area contributed by atoms with Crippen molar-refractivity contribution in [2.24, 2.45) is 5.10 Å². The largest absolute Gasteiger partial charge is 0.448 e. The molecule has 0 aliphatic rings. The molecule has 0 bridgehead atoms. The average molecular weight is 424 g/mol. The van der Waals surface area contributed by atoms with Crippen LogP contribution < -0.4 is 5.43 Å². The molecular weight excluding hydrogens is 412 g/mol. The highest BCUT2D eigenvalue weighted by Gasteiger charge is 2.18. The van der Waals surface area contributed by atoms with Crippen molar-refractivity contribution in [3.8, 4) is 0 Å². The maximum atomic E-state index is 12.1. The first-order valence-corrected chi connectivity index (χ1v) is 9.93. The van der Waals surface area contributed by atoms with Crippen LogP contribution in [0.2, 0.25) is 0 Å². The number of amides is 1. The lowest BCUT2D eigenvalue weighted by molar-refractivity contribution is -0.385. The van der Waals surface area contributed by atoms with Crippen LogP contribution in [0.1, 0.15) is 16.1 Å². The fourth-order valence-corrected chi connectivity index (χ4v) is 4.45. The predicted molar refractivity (Wildman–Crippen MR) is 111 cm³/mol. The second kappa shape index (κ2) is 8.25. The lowest BCUT2D eigenvalue weighted by Crippen LogP contribution is -2.18. The number of nitro benzene ring substituents is 1. The Morgan fingerprint density at radius 1 is 1.17 bits per heavy atom. The molecule has 4 rings (SSSR count). The number of furan rings is 1. The third kappa shape index (κ3) is 4.33. The van der Waals surface area contributed by atoms with Crippen molar-refractivity contribution in [1.82, 2.24) is 10.4 Å². The number of para-hydroxylation sites is 2. The fraction of sp³-hybridized carbons (Fsp3) is 0. The Kier molecular flexibility index (Phi) is 5.36. The molecule has 0 saturated carbocycles. The Hall–Kier alpha value is -3.50. The van der Waals surface area contributed by atoms with Gasteiger partial charge in [0, 0.05) is 6.07 Å². The van der Waals surface area contributed by atoms with E-state index in [1.807, 2.05) is 24.3 Å². The molecule has 2 aromatic heterocycles. The van der Waals surface area contributed by atoms with Crippen LogP contribution in [0.25, 0.3) is 10.2 Å². The van der Waals surface area contributed by atoms with Crippen molar-refractivity contribution in [3.05, 3.63) is 82.1 Å². The smallest absolute Gasteiger partial charge is 0.282 e. The minimum Gasteiger partial charge on any atom is -0.448 e. The zero-order chi connectivity index (χ0) is 20.2. The number of carbonyl (C=O) groups excluding carboxylic acids is 1. The molecule has 0 fully saturated rings. The molecule has 0 aliphatic heterocycles. The van der Waals surface area contributed by atoms with Gasteiger partial charge in [-0.2, -0.15) is 5.10 Å². The zero-order valence-corrected chi connectivity index (χ0v) is 16.3. The van der Waals surface area contributed by atoms with Crippen LogP contribution in [0.4, 0.5) is 5.69 Å². The molecule has 4 aromatic rings. The molecule has 144 valence electrons. The van der Waals surface area contributed by atoms with E-state index in [1.54, 1.807) is 29.5 Å². The summed E-state index contributed by atoms with van der Waals surface area (Å²) in [5.41, 5.74) is 2.85. The summed E-state index contributed by atoms with van der Waals surface area (Å²) in [5, 5.41) is 15.4. The maximum absolute atomic E-state index is 12.1. The van der Waals surface area contributed by atoms with E-state index in [-0.39, 0.29) is 11.3 Å². The number of hydrogen-bond donors (Lipinski definition) is 1. The van der Waals surface area contributed by atoms with E-state index in [0.29, 0.717) is 10.9 Å². The number of hydrazone groups is 1. The minimum absolute atomic E-state index is 0.0684. The van der Waals surface area contributed by atoms with Gasteiger partial charge in [0.1, 0.15) is 11.3 Å². The van der Waals surface area contributed by atoms with Crippen LogP contribution in [0.3, 0.4) is 0 Å². The van der Waals surface area contributed by atoms with Gasteiger partial charge in [0.15, 0.2) is 9.43 Å². The summed E-state index contributed by atoms with van der Waals surface area (Å²) in [6, 6.07) is 17.0. The van der Waals surface area contributed by atoms with Gasteiger partial charge in [-0.15, -0.1) is 11.3 Å². The molecule has 0 aliphatic carbocycles. The minimum atomic E-state index is -0.677. The van der Waals surface area contributed by atoms with Crippen molar-refractivity contribution < 1.29 is 14.1 Å². The summed E-state index contributed by atoms with van der Waals surface area (Å²) < 4.78 is 7.61. The van der Waals surface area contributed by atoms with Gasteiger partial charge in [-0.25, -0.2) is 10.4 Å². The van der Waals surface area contributed by atoms with Gasteiger partial charge in [0.25, 0.3) is 11.6 Å². The van der Waals surface area contributed by atoms with Crippen LogP contribution in [0.15, 0.2) is 79.6 Å². The summed E-state index contributed by atoms with van der Waals surface area (Å²) in [6.45, 7) is 0. The van der Waals surface area contributed by atoms with Crippen LogP contribution in [0.5, 0.6) is 0 Å². The third-order valence-electron chi connectivity index (χ3n) is 3.77. The van der Waals surface area contributed by atoms with E-state index in [9.17, 15) is 14.9 Å². The lowest BCUT2D eigenvalue weighted by Gasteiger charge is -2.00. The summed E-state index contributed by atoms with van der Waals surface area (Å²) >= 11 is 2.96. The lowest BCUT2D eigenvalue weighted by atomic mass is 10.2. The Morgan fingerprint density at radius 2 is 1.97 bits per heavy atom. The molecule has 8 nitrogen and oxygen atoms in total. The molecule has 1 N–H and O–H groups in total. The normalized spacial score (nSPS) is 11.2. The topological polar surface area (TPSA) is 111 Å². The van der Waals surface area contributed by atoms with Gasteiger partial charge in [-0.3, -0.25) is 14.9 Å². The van der Waals surface area contributed by atoms with Gasteiger partial charge in [-0.05, 0) is 42.1 Å². The summed E-state index contributed by atoms with van der Waals surface area (Å²) in [4.78, 5) is 27.0. The van der Waals surface area contributed by atoms with Crippen molar-refractivity contribution in [3.63, 3.8) is 0 Å². The number of aromatic nitrogens is 1. The van der Waals surface area contributed by atoms with Gasteiger partial charge in [0.2, 0.25) is 0 Å². The number of hydrogen-bond acceptors (Lipinski definition) is 8. The monoisotopic (exact) mass is 424 g/mol. The molecule has 0 spiro atoms. The van der Waals surface area contributed by atoms with E-state index in [4.69, 9.17) is 4.42 Å². The van der Waals surface area contributed by atoms with Crippen LogP contribution in [-0.4, -0.2) is 22.0 Å². The van der Waals surface area contributed by atoms with Gasteiger partial charge >= 0.3 is 0 Å². The summed E-state index contributed by atoms with van der Waals surface area (Å²) in [7, 11) is 0. The Bertz CT molecular complexity index is 1200. The highest BCUT2D eigenvalue weighted by atomic mass is 32.2. The molecule has 0 saturated heterocycles. The number of rotatable bonds is 6. The molecule has 0 atom stereocenters. The first-order chi connectivity index (χ1) is 14.1. The molecule has 10 heteroatoms. The van der Waals surface area contributed by atoms with Crippen molar-refractivity contribution in [2.45, 2.75) is 9.43 Å². The molecule has 2 aromatic carbocycles. The SMILES string of the molecule is O=C(N/N=C/c1ccc(Sc2nc3ccccc3s2)o1)c1ccccc1[N+](=O)[O-]. The van der Waals surface area contributed by atoms with Crippen LogP contribution in [-0.2, 0) is 0 Å². The standard InChI is InChI=1S/C19H12N4O4S2/c24-18(13-5-1-3-7-15(13)23(25)26)22-20-11-12-9-10-17(27-12)29-19-21-14-6-2-4-8-16(14)28-19/h1-11H,(H,22,24)/b20-11+. The van der Waals surface area contributed by atoms with Crippen LogP contribution in [0, 0.1) is 10.1 Å². The summed E-state index contributed by atoms with van der Waals surface area (Å²) in [5.74, 6) is -0.249. The van der Waals surface area contributed by atoms with Crippen molar-refractivity contribution >= 4 is 51.1 Å². The summed E-state index contributed by atoms with van der Waals surface area (Å²) in [6.07, 6.45) is 1.33. The van der Waals surface area contributed by atoms with E-state index in [0.717, 1.165) is 14.6 Å². The predicted octanol–water partition coefficient (Wildman–Crippen LogP) is 4.71. The highest BCUT2D eigenvalue weighted by Crippen LogP contribution is 2.34. The zero-order valence-electron chi connectivity index (χ0n) is 14.6. The number of thiazole rings is 1. The Labute approximate surface area is 172 Å². The Morgan fingerprint density at radius 3 is 2.79 bits per heavy atom. The molecule has 29 heavy (non-hydrogen) atoms. The number of nitrogens with one attached hydrogen (secondary N) is 1. The van der Waals surface area contributed by atoms with E-state index >= 15 is 0 Å². The van der Waals surface area contributed by atoms with Gasteiger partial charge < -0.3 is 4.42 Å². The molecule has 0 radical (unpaired) electrons. The fourth-order valence-electron chi connectivity index (χ4n) is 2.48. The number of benzene rings is 2. The molecule has 1 amide bonds. The Balaban J connectivity index is 1.40. The number of nitro groups is 1.